The van der Waals surface area contributed by atoms with Crippen LogP contribution in [0.15, 0.2) is 65.8 Å². The van der Waals surface area contributed by atoms with Gasteiger partial charge < -0.3 is 9.47 Å². The van der Waals surface area contributed by atoms with Gasteiger partial charge in [-0.15, -0.1) is 0 Å². The van der Waals surface area contributed by atoms with Crippen LogP contribution in [-0.2, 0) is 22.6 Å². The summed E-state index contributed by atoms with van der Waals surface area (Å²) in [7, 11) is 0. The Balaban J connectivity index is 1.71. The first kappa shape index (κ1) is 21.7. The first-order valence-corrected chi connectivity index (χ1v) is 10.3. The van der Waals surface area contributed by atoms with Gasteiger partial charge in [0.1, 0.15) is 6.61 Å². The molecule has 0 spiro atoms. The van der Waals surface area contributed by atoms with Crippen LogP contribution in [-0.4, -0.2) is 35.3 Å². The van der Waals surface area contributed by atoms with Crippen LogP contribution in [0, 0.1) is 0 Å². The van der Waals surface area contributed by atoms with Gasteiger partial charge in [0.2, 0.25) is 0 Å². The minimum atomic E-state index is -0.372. The van der Waals surface area contributed by atoms with Gasteiger partial charge >= 0.3 is 6.09 Å². The molecule has 1 heterocycles. The van der Waals surface area contributed by atoms with Crippen molar-refractivity contribution in [2.24, 2.45) is 5.11 Å². The second-order valence-corrected chi connectivity index (χ2v) is 7.62. The van der Waals surface area contributed by atoms with Crippen molar-refractivity contribution in [1.29, 1.82) is 0 Å². The summed E-state index contributed by atoms with van der Waals surface area (Å²) < 4.78 is 11.8. The molecule has 0 saturated carbocycles. The normalized spacial score (nSPS) is 21.9. The fourth-order valence-electron chi connectivity index (χ4n) is 3.73. The predicted octanol–water partition coefficient (Wildman–Crippen LogP) is 5.46. The van der Waals surface area contributed by atoms with Crippen LogP contribution in [0.2, 0.25) is 0 Å². The van der Waals surface area contributed by atoms with E-state index in [-0.39, 0.29) is 37.0 Å². The number of benzene rings is 2. The van der Waals surface area contributed by atoms with Gasteiger partial charge in [0.15, 0.2) is 0 Å². The van der Waals surface area contributed by atoms with Crippen molar-refractivity contribution in [3.63, 3.8) is 0 Å². The maximum absolute atomic E-state index is 13.0. The summed E-state index contributed by atoms with van der Waals surface area (Å²) in [5, 5.41) is 3.82. The van der Waals surface area contributed by atoms with Crippen molar-refractivity contribution < 1.29 is 14.3 Å². The predicted molar refractivity (Wildman–Crippen MR) is 115 cm³/mol. The molecule has 0 aromatic heterocycles. The van der Waals surface area contributed by atoms with E-state index in [2.05, 4.69) is 10.0 Å². The van der Waals surface area contributed by atoms with Crippen molar-refractivity contribution in [2.45, 2.75) is 64.1 Å². The number of carbonyl (C=O) groups is 1. The van der Waals surface area contributed by atoms with Crippen molar-refractivity contribution in [1.82, 2.24) is 4.90 Å². The highest BCUT2D eigenvalue weighted by atomic mass is 16.6. The molecular formula is C23H28N4O3. The second-order valence-electron chi connectivity index (χ2n) is 7.62. The van der Waals surface area contributed by atoms with E-state index in [9.17, 15) is 4.79 Å². The Hall–Kier alpha value is -3.02. The monoisotopic (exact) mass is 408 g/mol. The smallest absolute Gasteiger partial charge is 0.410 e. The third-order valence-corrected chi connectivity index (χ3v) is 5.54. The number of hydrogen-bond acceptors (Lipinski definition) is 4. The molecule has 1 amide bonds. The van der Waals surface area contributed by atoms with E-state index in [1.165, 1.54) is 0 Å². The number of hydrogen-bond donors (Lipinski definition) is 0. The highest BCUT2D eigenvalue weighted by molar-refractivity contribution is 5.68. The van der Waals surface area contributed by atoms with E-state index in [1.807, 2.05) is 74.5 Å². The van der Waals surface area contributed by atoms with Gasteiger partial charge in [-0.05, 0) is 43.3 Å². The highest BCUT2D eigenvalue weighted by Gasteiger charge is 2.35. The zero-order chi connectivity index (χ0) is 21.3. The fraction of sp³-hybridized carbons (Fsp3) is 0.435. The van der Waals surface area contributed by atoms with Gasteiger partial charge in [0.25, 0.3) is 0 Å². The zero-order valence-electron chi connectivity index (χ0n) is 17.4. The zero-order valence-corrected chi connectivity index (χ0v) is 17.4. The molecule has 3 rings (SSSR count). The van der Waals surface area contributed by atoms with Crippen molar-refractivity contribution in [3.05, 3.63) is 82.2 Å². The molecular weight excluding hydrogens is 380 g/mol. The van der Waals surface area contributed by atoms with Crippen LogP contribution in [0.5, 0.6) is 0 Å². The molecule has 30 heavy (non-hydrogen) atoms. The number of carbonyl (C=O) groups excluding carboxylic acids is 1. The van der Waals surface area contributed by atoms with Crippen LogP contribution in [0.25, 0.3) is 10.4 Å². The van der Waals surface area contributed by atoms with E-state index < -0.39 is 0 Å². The largest absolute Gasteiger partial charge is 0.445 e. The number of amides is 1. The Morgan fingerprint density at radius 2 is 1.80 bits per heavy atom. The van der Waals surface area contributed by atoms with Crippen molar-refractivity contribution in [3.8, 4) is 0 Å². The standard InChI is InChI=1S/C23H28N4O3/c1-17(22-14-13-21(25-26-24)18(2)30-22)27(15-19-9-5-3-6-10-19)23(28)29-16-20-11-7-4-8-12-20/h3-12,17-18,21-22H,13-16H2,1-2H3/t17-,18?,21?,22-/m0/s1. The molecule has 1 fully saturated rings. The second kappa shape index (κ2) is 10.7. The number of nitrogens with zero attached hydrogens (tertiary/aromatic N) is 4. The molecule has 0 aliphatic carbocycles. The Kier molecular flexibility index (Phi) is 7.71. The summed E-state index contributed by atoms with van der Waals surface area (Å²) in [6, 6.07) is 19.1. The summed E-state index contributed by atoms with van der Waals surface area (Å²) in [5.41, 5.74) is 10.7. The lowest BCUT2D eigenvalue weighted by atomic mass is 9.95. The maximum atomic E-state index is 13.0. The minimum Gasteiger partial charge on any atom is -0.445 e. The quantitative estimate of drug-likeness (QED) is 0.346. The summed E-state index contributed by atoms with van der Waals surface area (Å²) >= 11 is 0. The Morgan fingerprint density at radius 1 is 1.17 bits per heavy atom. The molecule has 2 aromatic rings. The molecule has 0 radical (unpaired) electrons. The summed E-state index contributed by atoms with van der Waals surface area (Å²) in [4.78, 5) is 17.7. The SMILES string of the molecule is CC1O[C@H]([C@H](C)N(Cc2ccccc2)C(=O)OCc2ccccc2)CCC1N=[N+]=[N-]. The summed E-state index contributed by atoms with van der Waals surface area (Å²) in [5.74, 6) is 0. The summed E-state index contributed by atoms with van der Waals surface area (Å²) in [6.07, 6.45) is 0.730. The molecule has 7 nitrogen and oxygen atoms in total. The van der Waals surface area contributed by atoms with Gasteiger partial charge in [0, 0.05) is 11.5 Å². The molecule has 1 aliphatic heterocycles. The third-order valence-electron chi connectivity index (χ3n) is 5.54. The Bertz CT molecular complexity index is 855. The molecule has 158 valence electrons. The van der Waals surface area contributed by atoms with Gasteiger partial charge in [0.05, 0.1) is 24.3 Å². The molecule has 2 aromatic carbocycles. The molecule has 0 N–H and O–H groups in total. The van der Waals surface area contributed by atoms with Gasteiger partial charge in [-0.25, -0.2) is 4.79 Å². The third kappa shape index (κ3) is 5.75. The van der Waals surface area contributed by atoms with E-state index in [0.717, 1.165) is 17.5 Å². The first-order chi connectivity index (χ1) is 14.6. The van der Waals surface area contributed by atoms with E-state index in [1.54, 1.807) is 4.90 Å². The van der Waals surface area contributed by atoms with Crippen LogP contribution in [0.4, 0.5) is 4.79 Å². The lowest BCUT2D eigenvalue weighted by Crippen LogP contribution is -2.50. The van der Waals surface area contributed by atoms with E-state index in [0.29, 0.717) is 13.0 Å². The van der Waals surface area contributed by atoms with Crippen LogP contribution in [0.1, 0.15) is 37.8 Å². The molecule has 4 atom stereocenters. The van der Waals surface area contributed by atoms with Gasteiger partial charge in [-0.3, -0.25) is 4.90 Å². The molecule has 7 heteroatoms. The summed E-state index contributed by atoms with van der Waals surface area (Å²) in [6.45, 7) is 4.55. The molecule has 1 saturated heterocycles. The topological polar surface area (TPSA) is 87.5 Å². The van der Waals surface area contributed by atoms with Crippen molar-refractivity contribution in [2.75, 3.05) is 0 Å². The first-order valence-electron chi connectivity index (χ1n) is 10.3. The minimum absolute atomic E-state index is 0.155. The van der Waals surface area contributed by atoms with Crippen LogP contribution < -0.4 is 0 Å². The average molecular weight is 409 g/mol. The molecule has 1 aliphatic rings. The average Bonchev–Trinajstić information content (AvgIpc) is 2.78. The lowest BCUT2D eigenvalue weighted by Gasteiger charge is -2.39. The van der Waals surface area contributed by atoms with Crippen molar-refractivity contribution >= 4 is 6.09 Å². The van der Waals surface area contributed by atoms with Gasteiger partial charge in [-0.2, -0.15) is 0 Å². The highest BCUT2D eigenvalue weighted by Crippen LogP contribution is 2.27. The number of rotatable bonds is 7. The van der Waals surface area contributed by atoms with Crippen LogP contribution in [0.3, 0.4) is 0 Å². The number of azide groups is 1. The maximum Gasteiger partial charge on any atom is 0.410 e. The Labute approximate surface area is 177 Å². The molecule has 2 unspecified atom stereocenters. The van der Waals surface area contributed by atoms with Crippen LogP contribution >= 0.6 is 0 Å². The van der Waals surface area contributed by atoms with Gasteiger partial charge in [-0.1, -0.05) is 65.8 Å². The molecule has 0 bridgehead atoms. The van der Waals surface area contributed by atoms with E-state index in [4.69, 9.17) is 15.0 Å². The fourth-order valence-corrected chi connectivity index (χ4v) is 3.73. The lowest BCUT2D eigenvalue weighted by molar-refractivity contribution is -0.0852. The number of ether oxygens (including phenoxy) is 2. The van der Waals surface area contributed by atoms with E-state index >= 15 is 0 Å². The Morgan fingerprint density at radius 3 is 2.40 bits per heavy atom.